The van der Waals surface area contributed by atoms with Crippen LogP contribution in [0.1, 0.15) is 60.0 Å². The minimum Gasteiger partial charge on any atom is -0.294 e. The number of carbonyl (C=O) groups is 1. The summed E-state index contributed by atoms with van der Waals surface area (Å²) in [5.41, 5.74) is 3.22. The van der Waals surface area contributed by atoms with E-state index in [1.807, 2.05) is 12.1 Å². The Morgan fingerprint density at radius 2 is 1.56 bits per heavy atom. The number of aryl methyl sites for hydroxylation is 2. The lowest BCUT2D eigenvalue weighted by Crippen LogP contribution is -2.14. The van der Waals surface area contributed by atoms with Crippen molar-refractivity contribution < 1.29 is 4.79 Å². The van der Waals surface area contributed by atoms with Crippen LogP contribution >= 0.6 is 15.9 Å². The molecule has 0 saturated heterocycles. The Bertz CT molecular complexity index is 419. The van der Waals surface area contributed by atoms with Crippen molar-refractivity contribution >= 4 is 21.7 Å². The Balaban J connectivity index is 2.22. The largest absolute Gasteiger partial charge is 0.294 e. The van der Waals surface area contributed by atoms with Crippen LogP contribution < -0.4 is 0 Å². The molecule has 0 bridgehead atoms. The normalized spacial score (nSPS) is 17.5. The second kappa shape index (κ2) is 6.01. The third kappa shape index (κ3) is 3.03. The van der Waals surface area contributed by atoms with Crippen LogP contribution in [0, 0.1) is 19.8 Å². The maximum atomic E-state index is 12.6. The van der Waals surface area contributed by atoms with Gasteiger partial charge in [-0.1, -0.05) is 41.6 Å². The van der Waals surface area contributed by atoms with E-state index in [1.54, 1.807) is 0 Å². The lowest BCUT2D eigenvalue weighted by molar-refractivity contribution is 0.0907. The highest BCUT2D eigenvalue weighted by molar-refractivity contribution is 9.10. The van der Waals surface area contributed by atoms with E-state index in [0.717, 1.165) is 34.0 Å². The van der Waals surface area contributed by atoms with Crippen LogP contribution in [0.25, 0.3) is 0 Å². The summed E-state index contributed by atoms with van der Waals surface area (Å²) in [6, 6.07) is 4.06. The van der Waals surface area contributed by atoms with Crippen LogP contribution in [0.15, 0.2) is 16.6 Å². The van der Waals surface area contributed by atoms with Gasteiger partial charge in [-0.15, -0.1) is 0 Å². The molecule has 0 heterocycles. The maximum absolute atomic E-state index is 12.6. The first-order valence-corrected chi connectivity index (χ1v) is 7.70. The lowest BCUT2D eigenvalue weighted by atomic mass is 9.90. The first kappa shape index (κ1) is 13.8. The van der Waals surface area contributed by atoms with Crippen molar-refractivity contribution in [1.29, 1.82) is 0 Å². The van der Waals surface area contributed by atoms with Gasteiger partial charge in [0.05, 0.1) is 0 Å². The van der Waals surface area contributed by atoms with Gasteiger partial charge < -0.3 is 0 Å². The van der Waals surface area contributed by atoms with Crippen molar-refractivity contribution in [3.8, 4) is 0 Å². The SMILES string of the molecule is Cc1cc(C(=O)C2CCCCCC2)cc(C)c1Br. The molecule has 0 atom stereocenters. The van der Waals surface area contributed by atoms with E-state index in [1.165, 1.54) is 25.7 Å². The molecule has 1 saturated carbocycles. The smallest absolute Gasteiger partial charge is 0.165 e. The maximum Gasteiger partial charge on any atom is 0.165 e. The topological polar surface area (TPSA) is 17.1 Å². The summed E-state index contributed by atoms with van der Waals surface area (Å²) in [7, 11) is 0. The summed E-state index contributed by atoms with van der Waals surface area (Å²) in [5, 5.41) is 0. The van der Waals surface area contributed by atoms with Crippen LogP contribution in [0.2, 0.25) is 0 Å². The predicted molar refractivity (Wildman–Crippen MR) is 79.1 cm³/mol. The number of benzene rings is 1. The van der Waals surface area contributed by atoms with Gasteiger partial charge in [0, 0.05) is 16.0 Å². The summed E-state index contributed by atoms with van der Waals surface area (Å²) in [5.74, 6) is 0.614. The summed E-state index contributed by atoms with van der Waals surface area (Å²) in [4.78, 5) is 12.6. The van der Waals surface area contributed by atoms with Crippen LogP contribution in [-0.4, -0.2) is 5.78 Å². The van der Waals surface area contributed by atoms with E-state index in [9.17, 15) is 4.79 Å². The molecule has 0 aromatic heterocycles. The fourth-order valence-corrected chi connectivity index (χ4v) is 3.09. The molecule has 0 amide bonds. The zero-order valence-corrected chi connectivity index (χ0v) is 12.8. The Kier molecular flexibility index (Phi) is 4.60. The first-order valence-electron chi connectivity index (χ1n) is 6.90. The van der Waals surface area contributed by atoms with Gasteiger partial charge in [0.25, 0.3) is 0 Å². The molecule has 1 aliphatic rings. The number of hydrogen-bond acceptors (Lipinski definition) is 1. The van der Waals surface area contributed by atoms with Crippen molar-refractivity contribution in [2.24, 2.45) is 5.92 Å². The van der Waals surface area contributed by atoms with E-state index in [2.05, 4.69) is 29.8 Å². The number of carbonyl (C=O) groups excluding carboxylic acids is 1. The number of halogens is 1. The third-order valence-electron chi connectivity index (χ3n) is 3.95. The standard InChI is InChI=1S/C16H21BrO/c1-11-9-14(10-12(2)15(11)17)16(18)13-7-5-3-4-6-8-13/h9-10,13H,3-8H2,1-2H3. The molecule has 0 aliphatic heterocycles. The molecular formula is C16H21BrO. The van der Waals surface area contributed by atoms with Gasteiger partial charge in [-0.2, -0.15) is 0 Å². The highest BCUT2D eigenvalue weighted by Crippen LogP contribution is 2.29. The Hall–Kier alpha value is -0.630. The van der Waals surface area contributed by atoms with Gasteiger partial charge in [-0.25, -0.2) is 0 Å². The third-order valence-corrected chi connectivity index (χ3v) is 5.20. The van der Waals surface area contributed by atoms with Gasteiger partial charge in [0.2, 0.25) is 0 Å². The van der Waals surface area contributed by atoms with E-state index >= 15 is 0 Å². The monoisotopic (exact) mass is 308 g/mol. The Morgan fingerprint density at radius 3 is 2.06 bits per heavy atom. The van der Waals surface area contributed by atoms with Gasteiger partial charge in [-0.05, 0) is 49.9 Å². The fourth-order valence-electron chi connectivity index (χ4n) is 2.87. The second-order valence-electron chi connectivity index (χ2n) is 5.48. The predicted octanol–water partition coefficient (Wildman–Crippen LogP) is 5.22. The van der Waals surface area contributed by atoms with Crippen LogP contribution in [-0.2, 0) is 0 Å². The summed E-state index contributed by atoms with van der Waals surface area (Å²) < 4.78 is 1.12. The van der Waals surface area contributed by atoms with Crippen molar-refractivity contribution in [1.82, 2.24) is 0 Å². The average Bonchev–Trinajstić information content (AvgIpc) is 2.63. The minimum absolute atomic E-state index is 0.257. The van der Waals surface area contributed by atoms with Crippen molar-refractivity contribution in [3.05, 3.63) is 33.3 Å². The van der Waals surface area contributed by atoms with Gasteiger partial charge in [0.1, 0.15) is 0 Å². The van der Waals surface area contributed by atoms with E-state index < -0.39 is 0 Å². The Labute approximate surface area is 118 Å². The molecule has 1 nitrogen and oxygen atoms in total. The number of Topliss-reactive ketones (excluding diaryl/α,β-unsaturated/α-hetero) is 1. The van der Waals surface area contributed by atoms with E-state index in [-0.39, 0.29) is 5.92 Å². The number of ketones is 1. The van der Waals surface area contributed by atoms with Gasteiger partial charge in [-0.3, -0.25) is 4.79 Å². The number of hydrogen-bond donors (Lipinski definition) is 0. The van der Waals surface area contributed by atoms with Crippen molar-refractivity contribution in [2.45, 2.75) is 52.4 Å². The van der Waals surface area contributed by atoms with Gasteiger partial charge in [0.15, 0.2) is 5.78 Å². The molecule has 1 fully saturated rings. The van der Waals surface area contributed by atoms with Crippen LogP contribution in [0.4, 0.5) is 0 Å². The van der Waals surface area contributed by atoms with Crippen molar-refractivity contribution in [2.75, 3.05) is 0 Å². The molecule has 1 aromatic rings. The van der Waals surface area contributed by atoms with Crippen LogP contribution in [0.3, 0.4) is 0 Å². The van der Waals surface area contributed by atoms with Gasteiger partial charge >= 0.3 is 0 Å². The molecule has 0 N–H and O–H groups in total. The zero-order chi connectivity index (χ0) is 13.1. The second-order valence-corrected chi connectivity index (χ2v) is 6.27. The first-order chi connectivity index (χ1) is 8.59. The van der Waals surface area contributed by atoms with E-state index in [0.29, 0.717) is 5.78 Å². The lowest BCUT2D eigenvalue weighted by Gasteiger charge is -2.14. The number of rotatable bonds is 2. The molecule has 0 radical (unpaired) electrons. The highest BCUT2D eigenvalue weighted by Gasteiger charge is 2.22. The zero-order valence-electron chi connectivity index (χ0n) is 11.3. The van der Waals surface area contributed by atoms with Crippen LogP contribution in [0.5, 0.6) is 0 Å². The van der Waals surface area contributed by atoms with Crippen molar-refractivity contribution in [3.63, 3.8) is 0 Å². The molecule has 0 spiro atoms. The molecule has 18 heavy (non-hydrogen) atoms. The summed E-state index contributed by atoms with van der Waals surface area (Å²) in [6.45, 7) is 4.11. The quantitative estimate of drug-likeness (QED) is 0.541. The molecular weight excluding hydrogens is 288 g/mol. The fraction of sp³-hybridized carbons (Fsp3) is 0.562. The molecule has 98 valence electrons. The molecule has 0 unspecified atom stereocenters. The minimum atomic E-state index is 0.257. The molecule has 1 aromatic carbocycles. The average molecular weight is 309 g/mol. The molecule has 2 heteroatoms. The summed E-state index contributed by atoms with van der Waals surface area (Å²) >= 11 is 3.56. The molecule has 2 rings (SSSR count). The summed E-state index contributed by atoms with van der Waals surface area (Å²) in [6.07, 6.45) is 7.17. The van der Waals surface area contributed by atoms with E-state index in [4.69, 9.17) is 0 Å². The molecule has 1 aliphatic carbocycles. The highest BCUT2D eigenvalue weighted by atomic mass is 79.9. The Morgan fingerprint density at radius 1 is 1.06 bits per heavy atom.